The summed E-state index contributed by atoms with van der Waals surface area (Å²) >= 11 is 0. The molecule has 0 unspecified atom stereocenters. The number of hydrogen-bond acceptors (Lipinski definition) is 6. The predicted octanol–water partition coefficient (Wildman–Crippen LogP) is 3.32. The van der Waals surface area contributed by atoms with Gasteiger partial charge in [0.1, 0.15) is 13.2 Å². The molecule has 1 N–H and O–H groups in total. The van der Waals surface area contributed by atoms with E-state index >= 15 is 0 Å². The van der Waals surface area contributed by atoms with Crippen LogP contribution in [0.3, 0.4) is 0 Å². The first kappa shape index (κ1) is 20.1. The van der Waals surface area contributed by atoms with Gasteiger partial charge in [0.25, 0.3) is 5.91 Å². The lowest BCUT2D eigenvalue weighted by molar-refractivity contribution is -0.123. The van der Waals surface area contributed by atoms with Crippen LogP contribution in [0.5, 0.6) is 11.5 Å². The van der Waals surface area contributed by atoms with Crippen LogP contribution < -0.4 is 14.8 Å². The molecule has 2 aliphatic rings. The van der Waals surface area contributed by atoms with E-state index in [1.54, 1.807) is 29.8 Å². The van der Waals surface area contributed by atoms with Crippen LogP contribution in [0.4, 0.5) is 5.69 Å². The minimum Gasteiger partial charge on any atom is -0.486 e. The lowest BCUT2D eigenvalue weighted by Crippen LogP contribution is -2.30. The molecule has 164 valence electrons. The van der Waals surface area contributed by atoms with Crippen LogP contribution in [0.1, 0.15) is 35.1 Å². The van der Waals surface area contributed by atoms with Gasteiger partial charge in [-0.2, -0.15) is 5.10 Å². The van der Waals surface area contributed by atoms with Crippen molar-refractivity contribution in [2.75, 3.05) is 18.5 Å². The number of nitrogens with zero attached hydrogens (tertiary/aromatic N) is 2. The third kappa shape index (κ3) is 3.79. The van der Waals surface area contributed by atoms with E-state index in [-0.39, 0.29) is 5.69 Å². The Morgan fingerprint density at radius 3 is 2.66 bits per heavy atom. The average Bonchev–Trinajstić information content (AvgIpc) is 3.42. The van der Waals surface area contributed by atoms with Crippen molar-refractivity contribution in [1.82, 2.24) is 9.78 Å². The molecule has 1 aliphatic carbocycles. The zero-order chi connectivity index (χ0) is 22.1. The second-order valence-electron chi connectivity index (χ2n) is 7.77. The van der Waals surface area contributed by atoms with Crippen LogP contribution in [0.15, 0.2) is 48.5 Å². The molecule has 1 atom stereocenters. The Morgan fingerprint density at radius 1 is 1.06 bits per heavy atom. The predicted molar refractivity (Wildman–Crippen MR) is 117 cm³/mol. The minimum absolute atomic E-state index is 0.278. The Balaban J connectivity index is 1.29. The fraction of sp³-hybridized carbons (Fsp3) is 0.292. The fourth-order valence-corrected chi connectivity index (χ4v) is 4.02. The molecule has 0 radical (unpaired) electrons. The molecular weight excluding hydrogens is 410 g/mol. The number of para-hydroxylation sites is 1. The second-order valence-corrected chi connectivity index (χ2v) is 7.77. The standard InChI is InChI=1S/C24H23N3O5/c1-15(23(28)25-16-10-11-20-21(14-16)31-13-12-30-20)32-24(29)22-18-8-5-9-19(18)27(26-22)17-6-3-2-4-7-17/h2-4,6-7,10-11,14-15H,5,8-9,12-13H2,1H3,(H,25,28)/t15-/m1/s1. The molecule has 0 saturated carbocycles. The summed E-state index contributed by atoms with van der Waals surface area (Å²) in [6.45, 7) is 2.49. The van der Waals surface area contributed by atoms with Crippen LogP contribution >= 0.6 is 0 Å². The van der Waals surface area contributed by atoms with Crippen LogP contribution in [-0.4, -0.2) is 41.0 Å². The summed E-state index contributed by atoms with van der Waals surface area (Å²) in [6.07, 6.45) is 1.59. The quantitative estimate of drug-likeness (QED) is 0.621. The van der Waals surface area contributed by atoms with Gasteiger partial charge in [0.2, 0.25) is 0 Å². The molecule has 2 heterocycles. The largest absolute Gasteiger partial charge is 0.486 e. The van der Waals surface area contributed by atoms with Gasteiger partial charge in [-0.25, -0.2) is 9.48 Å². The van der Waals surface area contributed by atoms with Gasteiger partial charge in [-0.15, -0.1) is 0 Å². The number of fused-ring (bicyclic) bond motifs is 2. The first-order chi connectivity index (χ1) is 15.6. The van der Waals surface area contributed by atoms with Crippen molar-refractivity contribution in [1.29, 1.82) is 0 Å². The number of esters is 1. The molecule has 8 heteroatoms. The summed E-state index contributed by atoms with van der Waals surface area (Å²) in [5, 5.41) is 7.28. The van der Waals surface area contributed by atoms with Crippen LogP contribution in [0.2, 0.25) is 0 Å². The van der Waals surface area contributed by atoms with Gasteiger partial charge in [0.05, 0.1) is 5.69 Å². The third-order valence-corrected chi connectivity index (χ3v) is 5.59. The molecule has 1 aromatic heterocycles. The molecule has 0 fully saturated rings. The molecular formula is C24H23N3O5. The lowest BCUT2D eigenvalue weighted by Gasteiger charge is -2.19. The fourth-order valence-electron chi connectivity index (χ4n) is 4.02. The smallest absolute Gasteiger partial charge is 0.359 e. The molecule has 8 nitrogen and oxygen atoms in total. The maximum atomic E-state index is 12.9. The van der Waals surface area contributed by atoms with Crippen molar-refractivity contribution in [2.45, 2.75) is 32.3 Å². The Hall–Kier alpha value is -3.81. The maximum Gasteiger partial charge on any atom is 0.359 e. The van der Waals surface area contributed by atoms with E-state index in [0.717, 1.165) is 36.2 Å². The Kier molecular flexibility index (Phi) is 5.26. The summed E-state index contributed by atoms with van der Waals surface area (Å²) in [4.78, 5) is 25.5. The van der Waals surface area contributed by atoms with Gasteiger partial charge in [-0.05, 0) is 50.5 Å². The number of ether oxygens (including phenoxy) is 3. The summed E-state index contributed by atoms with van der Waals surface area (Å²) in [5.74, 6) is 0.175. The first-order valence-electron chi connectivity index (χ1n) is 10.7. The van der Waals surface area contributed by atoms with Crippen molar-refractivity contribution >= 4 is 17.6 Å². The molecule has 1 amide bonds. The summed E-state index contributed by atoms with van der Waals surface area (Å²) in [5.41, 5.74) is 3.64. The van der Waals surface area contributed by atoms with E-state index in [0.29, 0.717) is 30.4 Å². The summed E-state index contributed by atoms with van der Waals surface area (Å²) in [6, 6.07) is 14.8. The van der Waals surface area contributed by atoms with E-state index in [1.807, 2.05) is 30.3 Å². The molecule has 3 aromatic rings. The van der Waals surface area contributed by atoms with Crippen molar-refractivity contribution in [2.24, 2.45) is 0 Å². The topological polar surface area (TPSA) is 91.7 Å². The zero-order valence-electron chi connectivity index (χ0n) is 17.7. The van der Waals surface area contributed by atoms with Crippen molar-refractivity contribution < 1.29 is 23.8 Å². The third-order valence-electron chi connectivity index (χ3n) is 5.59. The monoisotopic (exact) mass is 433 g/mol. The molecule has 0 bridgehead atoms. The SMILES string of the molecule is C[C@@H](OC(=O)c1nn(-c2ccccc2)c2c1CCC2)C(=O)Nc1ccc2c(c1)OCCO2. The maximum absolute atomic E-state index is 12.9. The van der Waals surface area contributed by atoms with Gasteiger partial charge in [-0.1, -0.05) is 18.2 Å². The number of carbonyl (C=O) groups excluding carboxylic acids is 2. The van der Waals surface area contributed by atoms with E-state index in [2.05, 4.69) is 10.4 Å². The lowest BCUT2D eigenvalue weighted by atomic mass is 10.2. The molecule has 0 saturated heterocycles. The first-order valence-corrected chi connectivity index (χ1v) is 10.7. The highest BCUT2D eigenvalue weighted by atomic mass is 16.6. The molecule has 5 rings (SSSR count). The number of hydrogen-bond donors (Lipinski definition) is 1. The highest BCUT2D eigenvalue weighted by Gasteiger charge is 2.30. The van der Waals surface area contributed by atoms with Crippen molar-refractivity contribution in [3.63, 3.8) is 0 Å². The second kappa shape index (κ2) is 8.37. The van der Waals surface area contributed by atoms with Gasteiger partial charge >= 0.3 is 5.97 Å². The van der Waals surface area contributed by atoms with E-state index < -0.39 is 18.0 Å². The number of rotatable bonds is 5. The summed E-state index contributed by atoms with van der Waals surface area (Å²) in [7, 11) is 0. The van der Waals surface area contributed by atoms with Gasteiger partial charge in [-0.3, -0.25) is 4.79 Å². The Labute approximate surface area is 185 Å². The minimum atomic E-state index is -0.991. The number of nitrogens with one attached hydrogen (secondary N) is 1. The van der Waals surface area contributed by atoms with Crippen LogP contribution in [0, 0.1) is 0 Å². The highest BCUT2D eigenvalue weighted by molar-refractivity contribution is 5.97. The Morgan fingerprint density at radius 2 is 1.84 bits per heavy atom. The van der Waals surface area contributed by atoms with Crippen LogP contribution in [0.25, 0.3) is 5.69 Å². The van der Waals surface area contributed by atoms with Crippen molar-refractivity contribution in [3.8, 4) is 17.2 Å². The number of anilines is 1. The molecule has 0 spiro atoms. The number of benzene rings is 2. The molecule has 1 aliphatic heterocycles. The number of amides is 1. The normalized spacial score (nSPS) is 15.0. The van der Waals surface area contributed by atoms with Crippen LogP contribution in [-0.2, 0) is 22.4 Å². The molecule has 32 heavy (non-hydrogen) atoms. The number of carbonyl (C=O) groups is 2. The summed E-state index contributed by atoms with van der Waals surface area (Å²) < 4.78 is 18.3. The van der Waals surface area contributed by atoms with E-state index in [4.69, 9.17) is 14.2 Å². The number of aromatic nitrogens is 2. The zero-order valence-corrected chi connectivity index (χ0v) is 17.7. The average molecular weight is 433 g/mol. The molecule has 2 aromatic carbocycles. The van der Waals surface area contributed by atoms with Gasteiger partial charge in [0.15, 0.2) is 23.3 Å². The highest BCUT2D eigenvalue weighted by Crippen LogP contribution is 2.33. The van der Waals surface area contributed by atoms with E-state index in [1.165, 1.54) is 0 Å². The van der Waals surface area contributed by atoms with Gasteiger partial charge < -0.3 is 19.5 Å². The Bertz CT molecular complexity index is 1170. The van der Waals surface area contributed by atoms with Crippen molar-refractivity contribution in [3.05, 3.63) is 65.5 Å². The van der Waals surface area contributed by atoms with Gasteiger partial charge in [0, 0.05) is 23.0 Å². The van der Waals surface area contributed by atoms with E-state index in [9.17, 15) is 9.59 Å².